The smallest absolute Gasteiger partial charge is 0.249 e. The van der Waals surface area contributed by atoms with Gasteiger partial charge in [-0.2, -0.15) is 5.26 Å². The predicted octanol–water partition coefficient (Wildman–Crippen LogP) is 4.88. The molecule has 2 heterocycles. The number of piperidine rings is 1. The number of carbonyl (C=O) groups excluding carboxylic acids is 2. The fourth-order valence-electron chi connectivity index (χ4n) is 6.17. The normalized spacial score (nSPS) is 24.3. The monoisotopic (exact) mass is 485 g/mol. The molecular formula is C27H40FN5O2. The first-order valence-electron chi connectivity index (χ1n) is 13.0. The summed E-state index contributed by atoms with van der Waals surface area (Å²) < 4.78 is 14.1. The fourth-order valence-corrected chi connectivity index (χ4v) is 6.17. The highest BCUT2D eigenvalue weighted by atomic mass is 19.1. The van der Waals surface area contributed by atoms with E-state index < -0.39 is 5.54 Å². The molecule has 2 aliphatic carbocycles. The Morgan fingerprint density at radius 3 is 2.34 bits per heavy atom. The number of nitrogens with one attached hydrogen (secondary N) is 2. The number of hydrogen-bond acceptors (Lipinski definition) is 5. The number of nitriles is 1. The minimum Gasteiger partial charge on any atom is -0.384 e. The van der Waals surface area contributed by atoms with Crippen LogP contribution in [0.3, 0.4) is 0 Å². The van der Waals surface area contributed by atoms with Crippen molar-refractivity contribution in [2.45, 2.75) is 84.1 Å². The topological polar surface area (TPSA) is 111 Å². The Bertz CT molecular complexity index is 957. The Morgan fingerprint density at radius 1 is 1.23 bits per heavy atom. The summed E-state index contributed by atoms with van der Waals surface area (Å²) in [7, 11) is 0. The van der Waals surface area contributed by atoms with Crippen molar-refractivity contribution in [1.82, 2.24) is 4.90 Å². The van der Waals surface area contributed by atoms with E-state index in [0.29, 0.717) is 24.1 Å². The van der Waals surface area contributed by atoms with Crippen LogP contribution in [0.15, 0.2) is 12.1 Å². The van der Waals surface area contributed by atoms with E-state index in [4.69, 9.17) is 11.0 Å². The largest absolute Gasteiger partial charge is 0.384 e. The van der Waals surface area contributed by atoms with Crippen molar-refractivity contribution in [2.75, 3.05) is 30.3 Å². The van der Waals surface area contributed by atoms with Gasteiger partial charge in [-0.05, 0) is 82.5 Å². The molecule has 2 amide bonds. The number of amides is 2. The fraction of sp³-hybridized carbons (Fsp3) is 0.667. The van der Waals surface area contributed by atoms with Crippen molar-refractivity contribution >= 4 is 23.2 Å². The first kappa shape index (κ1) is 26.9. The van der Waals surface area contributed by atoms with Crippen molar-refractivity contribution in [3.8, 4) is 6.07 Å². The van der Waals surface area contributed by atoms with E-state index >= 15 is 0 Å². The molecule has 0 aromatic heterocycles. The van der Waals surface area contributed by atoms with Crippen LogP contribution in [0.1, 0.15) is 84.1 Å². The summed E-state index contributed by atoms with van der Waals surface area (Å²) in [5, 5.41) is 13.5. The molecule has 35 heavy (non-hydrogen) atoms. The van der Waals surface area contributed by atoms with Crippen LogP contribution in [0.4, 0.5) is 15.8 Å². The zero-order valence-corrected chi connectivity index (χ0v) is 21.4. The predicted molar refractivity (Wildman–Crippen MR) is 136 cm³/mol. The van der Waals surface area contributed by atoms with E-state index in [1.165, 1.54) is 44.7 Å². The number of benzene rings is 1. The minimum atomic E-state index is -0.720. The van der Waals surface area contributed by atoms with Crippen LogP contribution in [-0.2, 0) is 15.1 Å². The third kappa shape index (κ3) is 5.30. The van der Waals surface area contributed by atoms with Crippen LogP contribution in [0, 0.1) is 28.5 Å². The van der Waals surface area contributed by atoms with Gasteiger partial charge in [0.25, 0.3) is 0 Å². The molecule has 8 heteroatoms. The van der Waals surface area contributed by atoms with E-state index in [2.05, 4.69) is 15.5 Å². The van der Waals surface area contributed by atoms with Crippen molar-refractivity contribution in [2.24, 2.45) is 17.1 Å². The summed E-state index contributed by atoms with van der Waals surface area (Å²) in [5.41, 5.74) is 7.25. The van der Waals surface area contributed by atoms with E-state index in [0.717, 1.165) is 50.0 Å². The molecular weight excluding hydrogens is 445 g/mol. The summed E-state index contributed by atoms with van der Waals surface area (Å²) in [6.45, 7) is 7.89. The molecule has 4 N–H and O–H groups in total. The van der Waals surface area contributed by atoms with Crippen LogP contribution in [-0.4, -0.2) is 36.3 Å². The molecule has 0 radical (unpaired) electrons. The number of primary amides is 1. The molecule has 1 unspecified atom stereocenters. The molecule has 5 rings (SSSR count). The average Bonchev–Trinajstić information content (AvgIpc) is 3.05. The first-order chi connectivity index (χ1) is 16.8. The van der Waals surface area contributed by atoms with Gasteiger partial charge in [0, 0.05) is 24.9 Å². The maximum atomic E-state index is 14.1. The van der Waals surface area contributed by atoms with Crippen LogP contribution < -0.4 is 16.4 Å². The van der Waals surface area contributed by atoms with Gasteiger partial charge >= 0.3 is 0 Å². The Morgan fingerprint density at radius 2 is 1.86 bits per heavy atom. The quantitative estimate of drug-likeness (QED) is 0.550. The van der Waals surface area contributed by atoms with Gasteiger partial charge in [-0.15, -0.1) is 0 Å². The number of anilines is 2. The molecule has 3 fully saturated rings. The maximum absolute atomic E-state index is 14.1. The molecule has 4 aliphatic rings. The number of nitrogens with zero attached hydrogens (tertiary/aromatic N) is 2. The minimum absolute atomic E-state index is 0.0170. The van der Waals surface area contributed by atoms with E-state index in [-0.39, 0.29) is 23.5 Å². The molecule has 1 aromatic carbocycles. The Labute approximate surface area is 208 Å². The van der Waals surface area contributed by atoms with Gasteiger partial charge < -0.3 is 16.4 Å². The van der Waals surface area contributed by atoms with Crippen molar-refractivity contribution < 1.29 is 14.0 Å². The molecule has 2 aliphatic heterocycles. The number of halogens is 1. The SMILES string of the molecule is CC#N.CCNc1cc(F)cc2c1NC(=O)C2(CC)N1CCCCC1.NC(=O)C1CC2(CCC2)C1. The van der Waals surface area contributed by atoms with Crippen LogP contribution in [0.2, 0.25) is 0 Å². The van der Waals surface area contributed by atoms with Gasteiger partial charge in [0.05, 0.1) is 17.4 Å². The van der Waals surface area contributed by atoms with E-state index in [1.807, 2.05) is 13.8 Å². The van der Waals surface area contributed by atoms with Crippen LogP contribution in [0.5, 0.6) is 0 Å². The highest BCUT2D eigenvalue weighted by Gasteiger charge is 2.51. The number of carbonyl (C=O) groups is 2. The number of likely N-dealkylation sites (tertiary alicyclic amines) is 1. The van der Waals surface area contributed by atoms with Gasteiger partial charge in [0.2, 0.25) is 11.8 Å². The zero-order valence-electron chi connectivity index (χ0n) is 21.4. The Balaban J connectivity index is 0.000000217. The Hall–Kier alpha value is -2.66. The molecule has 1 spiro atoms. The number of fused-ring (bicyclic) bond motifs is 1. The molecule has 1 aromatic rings. The summed E-state index contributed by atoms with van der Waals surface area (Å²) in [4.78, 5) is 25.7. The first-order valence-corrected chi connectivity index (χ1v) is 13.0. The Kier molecular flexibility index (Phi) is 8.76. The third-order valence-corrected chi connectivity index (χ3v) is 8.11. The lowest BCUT2D eigenvalue weighted by atomic mass is 9.52. The average molecular weight is 486 g/mol. The second-order valence-corrected chi connectivity index (χ2v) is 10.2. The van der Waals surface area contributed by atoms with E-state index in [9.17, 15) is 14.0 Å². The molecule has 0 bridgehead atoms. The molecule has 7 nitrogen and oxygen atoms in total. The molecule has 192 valence electrons. The molecule has 1 atom stereocenters. The second-order valence-electron chi connectivity index (χ2n) is 10.2. The van der Waals surface area contributed by atoms with Gasteiger partial charge in [0.1, 0.15) is 11.4 Å². The maximum Gasteiger partial charge on any atom is 0.249 e. The third-order valence-electron chi connectivity index (χ3n) is 8.11. The van der Waals surface area contributed by atoms with Crippen molar-refractivity contribution in [3.63, 3.8) is 0 Å². The van der Waals surface area contributed by atoms with E-state index in [1.54, 1.807) is 6.07 Å². The van der Waals surface area contributed by atoms with Crippen LogP contribution >= 0.6 is 0 Å². The zero-order chi connectivity index (χ0) is 25.6. The van der Waals surface area contributed by atoms with Crippen LogP contribution in [0.25, 0.3) is 0 Å². The lowest BCUT2D eigenvalue weighted by molar-refractivity contribution is -0.133. The standard InChI is InChI=1S/C17H24FN3O.C8H13NO.C2H3N/c1-3-17(21-8-6-5-7-9-21)13-10-12(18)11-14(19-4-2)15(13)20-16(17)22;9-7(10)6-4-8(5-6)2-1-3-8;1-2-3/h10-11,19H,3-9H2,1-2H3,(H,20,22);6H,1-5H2,(H2,9,10);1H3. The highest BCUT2D eigenvalue weighted by Crippen LogP contribution is 2.58. The number of rotatable bonds is 5. The number of nitrogens with two attached hydrogens (primary N) is 1. The van der Waals surface area contributed by atoms with Gasteiger partial charge in [0.15, 0.2) is 0 Å². The summed E-state index contributed by atoms with van der Waals surface area (Å²) in [5.74, 6) is -0.171. The lowest BCUT2D eigenvalue weighted by Gasteiger charge is -2.53. The second kappa shape index (κ2) is 11.4. The summed E-state index contributed by atoms with van der Waals surface area (Å²) in [6, 6.07) is 4.75. The molecule has 2 saturated carbocycles. The van der Waals surface area contributed by atoms with Crippen molar-refractivity contribution in [1.29, 1.82) is 5.26 Å². The van der Waals surface area contributed by atoms with Crippen molar-refractivity contribution in [3.05, 3.63) is 23.5 Å². The molecule has 1 saturated heterocycles. The summed E-state index contributed by atoms with van der Waals surface area (Å²) in [6.07, 6.45) is 10.3. The highest BCUT2D eigenvalue weighted by molar-refractivity contribution is 6.08. The van der Waals surface area contributed by atoms with Gasteiger partial charge in [-0.3, -0.25) is 14.5 Å². The van der Waals surface area contributed by atoms with Gasteiger partial charge in [-0.25, -0.2) is 4.39 Å². The number of hydrogen-bond donors (Lipinski definition) is 3. The summed E-state index contributed by atoms with van der Waals surface area (Å²) >= 11 is 0. The lowest BCUT2D eigenvalue weighted by Crippen LogP contribution is -2.52. The van der Waals surface area contributed by atoms with Gasteiger partial charge in [-0.1, -0.05) is 19.8 Å².